The Bertz CT molecular complexity index is 839. The molecular formula is C17H12NO3S2-. The van der Waals surface area contributed by atoms with E-state index in [1.807, 2.05) is 42.5 Å². The zero-order valence-electron chi connectivity index (χ0n) is 12.0. The Morgan fingerprint density at radius 2 is 1.96 bits per heavy atom. The monoisotopic (exact) mass is 342 g/mol. The molecule has 116 valence electrons. The molecule has 1 aliphatic heterocycles. The van der Waals surface area contributed by atoms with E-state index in [9.17, 15) is 14.7 Å². The quantitative estimate of drug-likeness (QED) is 0.630. The number of nitrogens with zero attached hydrogens (tertiary/aromatic N) is 1. The first-order chi connectivity index (χ1) is 11.1. The van der Waals surface area contributed by atoms with Gasteiger partial charge in [0.1, 0.15) is 4.32 Å². The van der Waals surface area contributed by atoms with Crippen LogP contribution in [0.3, 0.4) is 0 Å². The minimum atomic E-state index is -1.20. The van der Waals surface area contributed by atoms with Crippen molar-refractivity contribution in [2.24, 2.45) is 0 Å². The van der Waals surface area contributed by atoms with Crippen LogP contribution in [0.5, 0.6) is 0 Å². The number of carbonyl (C=O) groups is 2. The highest BCUT2D eigenvalue weighted by Crippen LogP contribution is 2.33. The lowest BCUT2D eigenvalue weighted by Gasteiger charge is -2.14. The second kappa shape index (κ2) is 6.52. The van der Waals surface area contributed by atoms with Crippen molar-refractivity contribution in [2.45, 2.75) is 6.42 Å². The molecule has 0 atom stereocenters. The summed E-state index contributed by atoms with van der Waals surface area (Å²) < 4.78 is 0.378. The van der Waals surface area contributed by atoms with Crippen molar-refractivity contribution in [3.63, 3.8) is 0 Å². The summed E-state index contributed by atoms with van der Waals surface area (Å²) in [5.74, 6) is -1.45. The third-order valence-corrected chi connectivity index (χ3v) is 4.90. The van der Waals surface area contributed by atoms with Gasteiger partial charge in [-0.15, -0.1) is 0 Å². The van der Waals surface area contributed by atoms with Crippen molar-refractivity contribution in [1.82, 2.24) is 4.90 Å². The highest BCUT2D eigenvalue weighted by atomic mass is 32.2. The molecule has 4 nitrogen and oxygen atoms in total. The molecule has 1 amide bonds. The highest BCUT2D eigenvalue weighted by Gasteiger charge is 2.31. The van der Waals surface area contributed by atoms with Gasteiger partial charge in [0, 0.05) is 18.9 Å². The molecule has 0 spiro atoms. The fourth-order valence-corrected chi connectivity index (χ4v) is 3.71. The van der Waals surface area contributed by atoms with E-state index in [0.29, 0.717) is 9.23 Å². The number of aliphatic carboxylic acids is 1. The van der Waals surface area contributed by atoms with Gasteiger partial charge in [0.25, 0.3) is 5.91 Å². The molecule has 6 heteroatoms. The second-order valence-corrected chi connectivity index (χ2v) is 6.70. The van der Waals surface area contributed by atoms with Crippen molar-refractivity contribution in [3.05, 3.63) is 52.9 Å². The third kappa shape index (κ3) is 3.28. The van der Waals surface area contributed by atoms with Crippen LogP contribution in [-0.2, 0) is 9.59 Å². The van der Waals surface area contributed by atoms with Gasteiger partial charge in [0.2, 0.25) is 0 Å². The molecule has 0 unspecified atom stereocenters. The third-order valence-electron chi connectivity index (χ3n) is 3.52. The number of rotatable bonds is 4. The summed E-state index contributed by atoms with van der Waals surface area (Å²) in [6, 6.07) is 13.8. The minimum Gasteiger partial charge on any atom is -0.550 e. The number of hydrogen-bond donors (Lipinski definition) is 0. The predicted molar refractivity (Wildman–Crippen MR) is 93.5 cm³/mol. The highest BCUT2D eigenvalue weighted by molar-refractivity contribution is 8.26. The Labute approximate surface area is 142 Å². The van der Waals surface area contributed by atoms with Gasteiger partial charge < -0.3 is 9.90 Å². The summed E-state index contributed by atoms with van der Waals surface area (Å²) in [4.78, 5) is 24.8. The van der Waals surface area contributed by atoms with E-state index in [0.717, 1.165) is 16.3 Å². The molecule has 1 aliphatic rings. The van der Waals surface area contributed by atoms with Gasteiger partial charge in [-0.25, -0.2) is 0 Å². The lowest BCUT2D eigenvalue weighted by molar-refractivity contribution is -0.305. The topological polar surface area (TPSA) is 60.4 Å². The molecule has 23 heavy (non-hydrogen) atoms. The van der Waals surface area contributed by atoms with Crippen molar-refractivity contribution >= 4 is 57.0 Å². The second-order valence-electron chi connectivity index (χ2n) is 5.02. The van der Waals surface area contributed by atoms with Crippen LogP contribution >= 0.6 is 24.0 Å². The molecule has 2 aromatic rings. The maximum Gasteiger partial charge on any atom is 0.266 e. The van der Waals surface area contributed by atoms with Gasteiger partial charge in [0.15, 0.2) is 0 Å². The van der Waals surface area contributed by atoms with Gasteiger partial charge in [-0.1, -0.05) is 66.4 Å². The first-order valence-electron chi connectivity index (χ1n) is 6.99. The SMILES string of the molecule is O=C([O-])CCN1C(=O)/C(=C\c2cccc3ccccc23)SC1=S. The van der Waals surface area contributed by atoms with Crippen LogP contribution in [0, 0.1) is 0 Å². The smallest absolute Gasteiger partial charge is 0.266 e. The van der Waals surface area contributed by atoms with Crippen LogP contribution in [0.15, 0.2) is 47.4 Å². The van der Waals surface area contributed by atoms with E-state index >= 15 is 0 Å². The first-order valence-corrected chi connectivity index (χ1v) is 8.22. The number of benzene rings is 2. The predicted octanol–water partition coefficient (Wildman–Crippen LogP) is 2.18. The van der Waals surface area contributed by atoms with Crippen LogP contribution in [0.2, 0.25) is 0 Å². The Morgan fingerprint density at radius 1 is 1.22 bits per heavy atom. The van der Waals surface area contributed by atoms with Gasteiger partial charge in [-0.2, -0.15) is 0 Å². The van der Waals surface area contributed by atoms with Gasteiger partial charge in [-0.3, -0.25) is 9.69 Å². The van der Waals surface area contributed by atoms with Crippen LogP contribution < -0.4 is 5.11 Å². The molecule has 0 aliphatic carbocycles. The Hall–Kier alpha value is -2.18. The van der Waals surface area contributed by atoms with E-state index in [1.165, 1.54) is 16.7 Å². The van der Waals surface area contributed by atoms with E-state index < -0.39 is 5.97 Å². The van der Waals surface area contributed by atoms with E-state index in [2.05, 4.69) is 0 Å². The Morgan fingerprint density at radius 3 is 2.74 bits per heavy atom. The molecule has 0 bridgehead atoms. The molecular weight excluding hydrogens is 330 g/mol. The molecule has 3 rings (SSSR count). The normalized spacial score (nSPS) is 16.5. The molecule has 2 aromatic carbocycles. The van der Waals surface area contributed by atoms with Crippen molar-refractivity contribution in [3.8, 4) is 0 Å². The van der Waals surface area contributed by atoms with Gasteiger partial charge >= 0.3 is 0 Å². The van der Waals surface area contributed by atoms with Crippen LogP contribution in [-0.4, -0.2) is 27.6 Å². The maximum absolute atomic E-state index is 12.4. The van der Waals surface area contributed by atoms with Crippen LogP contribution in [0.25, 0.3) is 16.8 Å². The lowest BCUT2D eigenvalue weighted by atomic mass is 10.0. The van der Waals surface area contributed by atoms with Crippen molar-refractivity contribution in [1.29, 1.82) is 0 Å². The summed E-state index contributed by atoms with van der Waals surface area (Å²) in [5.41, 5.74) is 0.934. The maximum atomic E-state index is 12.4. The van der Waals surface area contributed by atoms with Crippen molar-refractivity contribution < 1.29 is 14.7 Å². The molecule has 1 saturated heterocycles. The summed E-state index contributed by atoms with van der Waals surface area (Å²) in [7, 11) is 0. The van der Waals surface area contributed by atoms with Gasteiger partial charge in [0.05, 0.1) is 4.91 Å². The number of hydrogen-bond acceptors (Lipinski definition) is 5. The number of thiocarbonyl (C=S) groups is 1. The van der Waals surface area contributed by atoms with Gasteiger partial charge in [-0.05, 0) is 22.4 Å². The Kier molecular flexibility index (Phi) is 4.45. The van der Waals surface area contributed by atoms with E-state index in [1.54, 1.807) is 6.08 Å². The number of carbonyl (C=O) groups excluding carboxylic acids is 2. The summed E-state index contributed by atoms with van der Waals surface area (Å²) in [5, 5.41) is 12.7. The van der Waals surface area contributed by atoms with Crippen molar-refractivity contribution in [2.75, 3.05) is 6.54 Å². The molecule has 0 aromatic heterocycles. The minimum absolute atomic E-state index is 0.0415. The Balaban J connectivity index is 1.92. The number of carboxylic acid groups (broad SMARTS) is 1. The zero-order chi connectivity index (χ0) is 16.4. The zero-order valence-corrected chi connectivity index (χ0v) is 13.7. The number of fused-ring (bicyclic) bond motifs is 1. The average molecular weight is 342 g/mol. The molecule has 0 saturated carbocycles. The largest absolute Gasteiger partial charge is 0.550 e. The fraction of sp³-hybridized carbons (Fsp3) is 0.118. The molecule has 1 fully saturated rings. The lowest BCUT2D eigenvalue weighted by Crippen LogP contribution is -2.33. The summed E-state index contributed by atoms with van der Waals surface area (Å²) in [6.07, 6.45) is 1.58. The van der Waals surface area contributed by atoms with Crippen LogP contribution in [0.4, 0.5) is 0 Å². The molecule has 0 radical (unpaired) electrons. The molecule has 0 N–H and O–H groups in total. The standard InChI is InChI=1S/C17H13NO3S2/c19-15(20)8-9-18-16(21)14(23-17(18)22)10-12-6-3-5-11-4-1-2-7-13(11)12/h1-7,10H,8-9H2,(H,19,20)/p-1/b14-10+. The molecule has 1 heterocycles. The average Bonchev–Trinajstić information content (AvgIpc) is 2.79. The van der Waals surface area contributed by atoms with E-state index in [4.69, 9.17) is 12.2 Å². The van der Waals surface area contributed by atoms with E-state index in [-0.39, 0.29) is 18.9 Å². The fourth-order valence-electron chi connectivity index (χ4n) is 2.41. The summed E-state index contributed by atoms with van der Waals surface area (Å²) in [6.45, 7) is 0.0415. The number of carboxylic acids is 1. The van der Waals surface area contributed by atoms with Crippen LogP contribution in [0.1, 0.15) is 12.0 Å². The summed E-state index contributed by atoms with van der Waals surface area (Å²) >= 11 is 6.37. The number of thioether (sulfide) groups is 1. The first kappa shape index (κ1) is 15.7. The number of amides is 1.